The maximum atomic E-state index is 11.2. The highest BCUT2D eigenvalue weighted by Gasteiger charge is 2.17. The predicted molar refractivity (Wildman–Crippen MR) is 80.2 cm³/mol. The summed E-state index contributed by atoms with van der Waals surface area (Å²) in [5, 5.41) is 11.0. The van der Waals surface area contributed by atoms with Gasteiger partial charge in [0.2, 0.25) is 0 Å². The lowest BCUT2D eigenvalue weighted by Crippen LogP contribution is -2.28. The molecule has 0 amide bonds. The van der Waals surface area contributed by atoms with Crippen molar-refractivity contribution in [3.05, 3.63) is 16.8 Å². The van der Waals surface area contributed by atoms with Gasteiger partial charge in [0.05, 0.1) is 17.0 Å². The predicted octanol–water partition coefficient (Wildman–Crippen LogP) is 0.573. The molecule has 0 spiro atoms. The van der Waals surface area contributed by atoms with Gasteiger partial charge in [-0.1, -0.05) is 12.2 Å². The summed E-state index contributed by atoms with van der Waals surface area (Å²) in [6, 6.07) is -0.306. The molecule has 0 bridgehead atoms. The van der Waals surface area contributed by atoms with Gasteiger partial charge in [0, 0.05) is 12.3 Å². The van der Waals surface area contributed by atoms with Crippen molar-refractivity contribution < 1.29 is 8.42 Å². The summed E-state index contributed by atoms with van der Waals surface area (Å²) in [6.07, 6.45) is 1.19. The minimum Gasteiger partial charge on any atom is -0.389 e. The Morgan fingerprint density at radius 3 is 2.47 bits per heavy atom. The number of nitrogens with zero attached hydrogens (tertiary/aromatic N) is 2. The van der Waals surface area contributed by atoms with E-state index in [0.717, 1.165) is 11.3 Å². The van der Waals surface area contributed by atoms with Crippen LogP contribution in [0.1, 0.15) is 23.7 Å². The number of aryl methyl sites for hydroxylation is 1. The lowest BCUT2D eigenvalue weighted by molar-refractivity contribution is 0.597. The smallest absolute Gasteiger partial charge is 0.159 e. The first-order chi connectivity index (χ1) is 8.61. The quantitative estimate of drug-likeness (QED) is 0.767. The Morgan fingerprint density at radius 2 is 2.00 bits per heavy atom. The number of hydrogen-bond acceptors (Lipinski definition) is 6. The second-order valence-corrected chi connectivity index (χ2v) is 7.26. The van der Waals surface area contributed by atoms with Gasteiger partial charge >= 0.3 is 0 Å². The van der Waals surface area contributed by atoms with E-state index in [0.29, 0.717) is 11.4 Å². The third-order valence-corrected chi connectivity index (χ3v) is 3.95. The summed E-state index contributed by atoms with van der Waals surface area (Å²) >= 11 is 5.01. The fourth-order valence-electron chi connectivity index (χ4n) is 1.74. The first kappa shape index (κ1) is 15.8. The topological polar surface area (TPSA) is 98.0 Å². The molecule has 1 unspecified atom stereocenters. The molecule has 106 valence electrons. The van der Waals surface area contributed by atoms with E-state index in [4.69, 9.17) is 18.0 Å². The summed E-state index contributed by atoms with van der Waals surface area (Å²) in [5.74, 6) is 0.421. The summed E-state index contributed by atoms with van der Waals surface area (Å²) in [7, 11) is -3.07. The maximum Gasteiger partial charge on any atom is 0.159 e. The highest BCUT2D eigenvalue weighted by atomic mass is 32.2. The van der Waals surface area contributed by atoms with Crippen molar-refractivity contribution in [1.29, 1.82) is 0 Å². The number of sulfone groups is 1. The molecule has 0 saturated heterocycles. The van der Waals surface area contributed by atoms with Crippen molar-refractivity contribution in [3.63, 3.8) is 0 Å². The van der Waals surface area contributed by atoms with Gasteiger partial charge in [-0.15, -0.1) is 5.10 Å². The summed E-state index contributed by atoms with van der Waals surface area (Å²) in [5.41, 5.74) is 7.89. The van der Waals surface area contributed by atoms with E-state index in [-0.39, 0.29) is 16.8 Å². The molecule has 6 nitrogen and oxygen atoms in total. The Hall–Kier alpha value is -1.28. The highest BCUT2D eigenvalue weighted by molar-refractivity contribution is 7.90. The molecule has 19 heavy (non-hydrogen) atoms. The first-order valence-electron chi connectivity index (χ1n) is 5.69. The van der Waals surface area contributed by atoms with Crippen LogP contribution in [0.5, 0.6) is 0 Å². The van der Waals surface area contributed by atoms with Crippen molar-refractivity contribution in [2.24, 2.45) is 5.73 Å². The van der Waals surface area contributed by atoms with Crippen LogP contribution in [0.3, 0.4) is 0 Å². The summed E-state index contributed by atoms with van der Waals surface area (Å²) in [6.45, 7) is 5.42. The zero-order chi connectivity index (χ0) is 14.8. The fourth-order valence-corrected chi connectivity index (χ4v) is 2.98. The number of rotatable bonds is 5. The largest absolute Gasteiger partial charge is 0.389 e. The molecule has 1 atom stereocenters. The van der Waals surface area contributed by atoms with Crippen LogP contribution >= 0.6 is 12.2 Å². The normalized spacial score (nSPS) is 13.1. The third kappa shape index (κ3) is 4.39. The van der Waals surface area contributed by atoms with E-state index in [1.165, 1.54) is 6.26 Å². The van der Waals surface area contributed by atoms with E-state index >= 15 is 0 Å². The zero-order valence-corrected chi connectivity index (χ0v) is 13.0. The lowest BCUT2D eigenvalue weighted by Gasteiger charge is -2.17. The third-order valence-electron chi connectivity index (χ3n) is 2.64. The molecule has 3 N–H and O–H groups in total. The van der Waals surface area contributed by atoms with Crippen LogP contribution in [0, 0.1) is 13.8 Å². The second kappa shape index (κ2) is 5.79. The van der Waals surface area contributed by atoms with E-state index in [9.17, 15) is 8.42 Å². The van der Waals surface area contributed by atoms with Crippen LogP contribution in [-0.2, 0) is 9.84 Å². The van der Waals surface area contributed by atoms with Gasteiger partial charge in [0.15, 0.2) is 5.82 Å². The molecule has 0 aliphatic rings. The minimum atomic E-state index is -3.07. The van der Waals surface area contributed by atoms with Gasteiger partial charge in [0.25, 0.3) is 0 Å². The second-order valence-electron chi connectivity index (χ2n) is 4.64. The van der Waals surface area contributed by atoms with Gasteiger partial charge in [-0.2, -0.15) is 5.10 Å². The molecule has 0 saturated carbocycles. The molecular formula is C11H18N4O2S2. The standard InChI is InChI=1S/C11H18N4O2S2/c1-6(5-19(4,16)17)13-11-9(10(12)18)7(2)8(3)14-15-11/h6H,5H2,1-4H3,(H2,12,18)(H,13,15). The number of nitrogens with two attached hydrogens (primary N) is 1. The Bertz CT molecular complexity index is 599. The van der Waals surface area contributed by atoms with Crippen molar-refractivity contribution in [2.45, 2.75) is 26.8 Å². The molecule has 1 rings (SSSR count). The van der Waals surface area contributed by atoms with Crippen molar-refractivity contribution in [3.8, 4) is 0 Å². The van der Waals surface area contributed by atoms with Crippen LogP contribution in [-0.4, -0.2) is 41.7 Å². The highest BCUT2D eigenvalue weighted by Crippen LogP contribution is 2.19. The van der Waals surface area contributed by atoms with Crippen molar-refractivity contribution >= 4 is 32.9 Å². The van der Waals surface area contributed by atoms with Gasteiger partial charge in [-0.05, 0) is 26.3 Å². The molecule has 8 heteroatoms. The summed E-state index contributed by atoms with van der Waals surface area (Å²) < 4.78 is 22.5. The Morgan fingerprint density at radius 1 is 1.42 bits per heavy atom. The Kier molecular flexibility index (Phi) is 4.81. The maximum absolute atomic E-state index is 11.2. The molecule has 0 fully saturated rings. The number of anilines is 1. The molecule has 1 aromatic heterocycles. The monoisotopic (exact) mass is 302 g/mol. The van der Waals surface area contributed by atoms with Crippen LogP contribution in [0.15, 0.2) is 0 Å². The van der Waals surface area contributed by atoms with E-state index in [2.05, 4.69) is 15.5 Å². The van der Waals surface area contributed by atoms with Crippen LogP contribution in [0.25, 0.3) is 0 Å². The van der Waals surface area contributed by atoms with Crippen LogP contribution < -0.4 is 11.1 Å². The average molecular weight is 302 g/mol. The fraction of sp³-hybridized carbons (Fsp3) is 0.545. The molecule has 0 aliphatic heterocycles. The minimum absolute atomic E-state index is 0.00161. The van der Waals surface area contributed by atoms with Crippen molar-refractivity contribution in [1.82, 2.24) is 10.2 Å². The molecule has 1 heterocycles. The first-order valence-corrected chi connectivity index (χ1v) is 8.16. The zero-order valence-electron chi connectivity index (χ0n) is 11.4. The molecule has 0 aliphatic carbocycles. The Labute approximate surface area is 118 Å². The van der Waals surface area contributed by atoms with Gasteiger partial charge in [-0.25, -0.2) is 8.42 Å². The molecule has 0 aromatic carbocycles. The number of aromatic nitrogens is 2. The van der Waals surface area contributed by atoms with Crippen molar-refractivity contribution in [2.75, 3.05) is 17.3 Å². The van der Waals surface area contributed by atoms with E-state index < -0.39 is 9.84 Å². The average Bonchev–Trinajstić information content (AvgIpc) is 2.20. The van der Waals surface area contributed by atoms with Gasteiger partial charge in [0.1, 0.15) is 14.8 Å². The Balaban J connectivity index is 3.08. The van der Waals surface area contributed by atoms with Crippen LogP contribution in [0.4, 0.5) is 5.82 Å². The van der Waals surface area contributed by atoms with E-state index in [1.807, 2.05) is 13.8 Å². The summed E-state index contributed by atoms with van der Waals surface area (Å²) in [4.78, 5) is 0.213. The SMILES string of the molecule is Cc1nnc(NC(C)CS(C)(=O)=O)c(C(N)=S)c1C. The van der Waals surface area contributed by atoms with Gasteiger partial charge in [-0.3, -0.25) is 0 Å². The lowest BCUT2D eigenvalue weighted by atomic mass is 10.1. The molecule has 1 aromatic rings. The van der Waals surface area contributed by atoms with Crippen LogP contribution in [0.2, 0.25) is 0 Å². The number of hydrogen-bond donors (Lipinski definition) is 2. The van der Waals surface area contributed by atoms with E-state index in [1.54, 1.807) is 6.92 Å². The molecule has 0 radical (unpaired) electrons. The molecular weight excluding hydrogens is 284 g/mol. The number of thiocarbonyl (C=S) groups is 1. The van der Waals surface area contributed by atoms with Gasteiger partial charge < -0.3 is 11.1 Å². The number of nitrogens with one attached hydrogen (secondary N) is 1.